The Balaban J connectivity index is 2.08. The molecule has 1 unspecified atom stereocenters. The number of hydrogen-bond donors (Lipinski definition) is 1. The smallest absolute Gasteiger partial charge is 0.220 e. The fraction of sp³-hybridized carbons (Fsp3) is 0.917. The van der Waals surface area contributed by atoms with Crippen molar-refractivity contribution in [2.24, 2.45) is 5.92 Å². The van der Waals surface area contributed by atoms with Gasteiger partial charge >= 0.3 is 0 Å². The van der Waals surface area contributed by atoms with E-state index in [0.29, 0.717) is 24.5 Å². The molecule has 1 aliphatic carbocycles. The van der Waals surface area contributed by atoms with E-state index < -0.39 is 0 Å². The minimum Gasteiger partial charge on any atom is -0.378 e. The molecule has 3 heteroatoms. The van der Waals surface area contributed by atoms with Crippen LogP contribution in [-0.4, -0.2) is 24.7 Å². The van der Waals surface area contributed by atoms with Crippen LogP contribution in [0.3, 0.4) is 0 Å². The lowest BCUT2D eigenvalue weighted by atomic mass is 9.80. The Morgan fingerprint density at radius 1 is 1.47 bits per heavy atom. The van der Waals surface area contributed by atoms with Crippen LogP contribution < -0.4 is 5.32 Å². The third-order valence-corrected chi connectivity index (χ3v) is 3.09. The second-order valence-electron chi connectivity index (χ2n) is 4.50. The summed E-state index contributed by atoms with van der Waals surface area (Å²) in [5, 5.41) is 3.00. The average Bonchev–Trinajstić information content (AvgIpc) is 2.14. The summed E-state index contributed by atoms with van der Waals surface area (Å²) in [6.45, 7) is 6.93. The first-order valence-electron chi connectivity index (χ1n) is 6.06. The Kier molecular flexibility index (Phi) is 5.09. The zero-order valence-electron chi connectivity index (χ0n) is 10.1. The van der Waals surface area contributed by atoms with E-state index in [9.17, 15) is 4.79 Å². The molecule has 1 atom stereocenters. The number of carbonyl (C=O) groups is 1. The van der Waals surface area contributed by atoms with Gasteiger partial charge in [-0.15, -0.1) is 0 Å². The summed E-state index contributed by atoms with van der Waals surface area (Å²) in [7, 11) is 0. The van der Waals surface area contributed by atoms with E-state index in [0.717, 1.165) is 25.9 Å². The van der Waals surface area contributed by atoms with Crippen molar-refractivity contribution >= 4 is 5.91 Å². The zero-order valence-corrected chi connectivity index (χ0v) is 10.1. The first-order chi connectivity index (χ1) is 7.15. The Morgan fingerprint density at radius 3 is 2.67 bits per heavy atom. The Bertz CT molecular complexity index is 200. The van der Waals surface area contributed by atoms with Gasteiger partial charge in [0, 0.05) is 19.1 Å². The van der Waals surface area contributed by atoms with Crippen molar-refractivity contribution in [3.05, 3.63) is 0 Å². The molecule has 0 aliphatic heterocycles. The van der Waals surface area contributed by atoms with Gasteiger partial charge in [0.1, 0.15) is 0 Å². The van der Waals surface area contributed by atoms with E-state index in [1.54, 1.807) is 0 Å². The zero-order chi connectivity index (χ0) is 11.3. The molecule has 1 fully saturated rings. The molecule has 0 bridgehead atoms. The van der Waals surface area contributed by atoms with Crippen LogP contribution in [-0.2, 0) is 9.53 Å². The Hall–Kier alpha value is -0.570. The van der Waals surface area contributed by atoms with E-state index in [2.05, 4.69) is 12.2 Å². The molecule has 0 aromatic rings. The van der Waals surface area contributed by atoms with Gasteiger partial charge in [0.05, 0.1) is 6.10 Å². The van der Waals surface area contributed by atoms with Crippen molar-refractivity contribution in [1.82, 2.24) is 5.32 Å². The summed E-state index contributed by atoms with van der Waals surface area (Å²) in [6, 6.07) is 0.306. The Morgan fingerprint density at radius 2 is 2.13 bits per heavy atom. The Labute approximate surface area is 92.6 Å². The summed E-state index contributed by atoms with van der Waals surface area (Å²) in [5.74, 6) is 0.745. The molecule has 1 amide bonds. The van der Waals surface area contributed by atoms with Gasteiger partial charge in [-0.2, -0.15) is 0 Å². The van der Waals surface area contributed by atoms with Crippen molar-refractivity contribution in [2.45, 2.75) is 58.6 Å². The molecule has 88 valence electrons. The quantitative estimate of drug-likeness (QED) is 0.734. The molecule has 3 nitrogen and oxygen atoms in total. The number of hydrogen-bond acceptors (Lipinski definition) is 2. The van der Waals surface area contributed by atoms with Crippen LogP contribution in [0.2, 0.25) is 0 Å². The van der Waals surface area contributed by atoms with Crippen LogP contribution in [0.25, 0.3) is 0 Å². The highest BCUT2D eigenvalue weighted by atomic mass is 16.5. The number of ether oxygens (including phenoxy) is 1. The fourth-order valence-electron chi connectivity index (χ4n) is 1.91. The topological polar surface area (TPSA) is 38.3 Å². The van der Waals surface area contributed by atoms with Crippen LogP contribution in [0.15, 0.2) is 0 Å². The molecular formula is C12H23NO2. The minimum atomic E-state index is 0.198. The summed E-state index contributed by atoms with van der Waals surface area (Å²) in [6.07, 6.45) is 4.20. The summed E-state index contributed by atoms with van der Waals surface area (Å²) in [4.78, 5) is 11.5. The van der Waals surface area contributed by atoms with Crippen LogP contribution in [0.4, 0.5) is 0 Å². The van der Waals surface area contributed by atoms with Gasteiger partial charge in [0.2, 0.25) is 5.91 Å². The molecule has 1 saturated carbocycles. The van der Waals surface area contributed by atoms with Gasteiger partial charge in [-0.25, -0.2) is 0 Å². The lowest BCUT2D eigenvalue weighted by Crippen LogP contribution is -2.38. The number of rotatable bonds is 6. The molecule has 0 spiro atoms. The highest BCUT2D eigenvalue weighted by molar-refractivity contribution is 5.76. The summed E-state index contributed by atoms with van der Waals surface area (Å²) >= 11 is 0. The number of amides is 1. The molecule has 0 saturated heterocycles. The molecule has 1 N–H and O–H groups in total. The molecule has 15 heavy (non-hydrogen) atoms. The first-order valence-corrected chi connectivity index (χ1v) is 6.06. The van der Waals surface area contributed by atoms with Crippen LogP contribution in [0.1, 0.15) is 46.5 Å². The summed E-state index contributed by atoms with van der Waals surface area (Å²) in [5.41, 5.74) is 0. The predicted octanol–water partition coefficient (Wildman–Crippen LogP) is 2.11. The van der Waals surface area contributed by atoms with Crippen LogP contribution >= 0.6 is 0 Å². The average molecular weight is 213 g/mol. The maximum Gasteiger partial charge on any atom is 0.220 e. The standard InChI is InChI=1S/C12H23NO2/c1-4-9(3)13-12(14)8-10-6-11(7-10)15-5-2/h9-11H,4-8H2,1-3H3,(H,13,14). The fourth-order valence-corrected chi connectivity index (χ4v) is 1.91. The van der Waals surface area contributed by atoms with E-state index in [1.807, 2.05) is 13.8 Å². The van der Waals surface area contributed by atoms with Gasteiger partial charge in [0.15, 0.2) is 0 Å². The number of nitrogens with one attached hydrogen (secondary N) is 1. The van der Waals surface area contributed by atoms with Crippen LogP contribution in [0.5, 0.6) is 0 Å². The van der Waals surface area contributed by atoms with E-state index in [4.69, 9.17) is 4.74 Å². The lowest BCUT2D eigenvalue weighted by Gasteiger charge is -2.34. The number of carbonyl (C=O) groups excluding carboxylic acids is 1. The van der Waals surface area contributed by atoms with Gasteiger partial charge in [-0.3, -0.25) is 4.79 Å². The van der Waals surface area contributed by atoms with Crippen molar-refractivity contribution in [2.75, 3.05) is 6.61 Å². The normalized spacial score (nSPS) is 26.9. The van der Waals surface area contributed by atoms with Gasteiger partial charge in [-0.05, 0) is 39.0 Å². The molecule has 0 heterocycles. The van der Waals surface area contributed by atoms with Crippen molar-refractivity contribution in [1.29, 1.82) is 0 Å². The molecule has 0 radical (unpaired) electrons. The second-order valence-corrected chi connectivity index (χ2v) is 4.50. The van der Waals surface area contributed by atoms with Crippen LogP contribution in [0, 0.1) is 5.92 Å². The lowest BCUT2D eigenvalue weighted by molar-refractivity contribution is -0.124. The van der Waals surface area contributed by atoms with Gasteiger partial charge < -0.3 is 10.1 Å². The molecular weight excluding hydrogens is 190 g/mol. The third-order valence-electron chi connectivity index (χ3n) is 3.09. The SMILES string of the molecule is CCOC1CC(CC(=O)NC(C)CC)C1. The maximum absolute atomic E-state index is 11.5. The maximum atomic E-state index is 11.5. The van der Waals surface area contributed by atoms with Crippen molar-refractivity contribution in [3.8, 4) is 0 Å². The molecule has 0 aromatic heterocycles. The monoisotopic (exact) mass is 213 g/mol. The first kappa shape index (κ1) is 12.5. The highest BCUT2D eigenvalue weighted by Gasteiger charge is 2.31. The third kappa shape index (κ3) is 4.20. The molecule has 1 rings (SSSR count). The molecule has 0 aromatic carbocycles. The van der Waals surface area contributed by atoms with Gasteiger partial charge in [0.25, 0.3) is 0 Å². The van der Waals surface area contributed by atoms with Crippen molar-refractivity contribution < 1.29 is 9.53 Å². The van der Waals surface area contributed by atoms with E-state index >= 15 is 0 Å². The minimum absolute atomic E-state index is 0.198. The summed E-state index contributed by atoms with van der Waals surface area (Å²) < 4.78 is 5.46. The molecule has 1 aliphatic rings. The largest absolute Gasteiger partial charge is 0.378 e. The second kappa shape index (κ2) is 6.11. The van der Waals surface area contributed by atoms with Gasteiger partial charge in [-0.1, -0.05) is 6.92 Å². The van der Waals surface area contributed by atoms with E-state index in [-0.39, 0.29) is 5.91 Å². The predicted molar refractivity (Wildman–Crippen MR) is 60.7 cm³/mol. The van der Waals surface area contributed by atoms with E-state index in [1.165, 1.54) is 0 Å². The van der Waals surface area contributed by atoms with Crippen molar-refractivity contribution in [3.63, 3.8) is 0 Å². The highest BCUT2D eigenvalue weighted by Crippen LogP contribution is 2.32.